The second kappa shape index (κ2) is 6.20. The van der Waals surface area contributed by atoms with E-state index < -0.39 is 0 Å². The molecule has 0 atom stereocenters. The third-order valence-electron chi connectivity index (χ3n) is 3.87. The van der Waals surface area contributed by atoms with Gasteiger partial charge in [0.15, 0.2) is 0 Å². The van der Waals surface area contributed by atoms with Gasteiger partial charge in [0, 0.05) is 36.5 Å². The minimum absolute atomic E-state index is 0.169. The molecule has 0 aliphatic rings. The number of fused-ring (bicyclic) bond motifs is 1. The van der Waals surface area contributed by atoms with Crippen LogP contribution in [0.1, 0.15) is 21.6 Å². The van der Waals surface area contributed by atoms with Gasteiger partial charge in [-0.15, -0.1) is 0 Å². The highest BCUT2D eigenvalue weighted by molar-refractivity contribution is 5.94. The quantitative estimate of drug-likeness (QED) is 0.621. The molecule has 4 heterocycles. The van der Waals surface area contributed by atoms with Gasteiger partial charge in [-0.25, -0.2) is 15.0 Å². The van der Waals surface area contributed by atoms with Crippen molar-refractivity contribution in [1.82, 2.24) is 29.2 Å². The highest BCUT2D eigenvalue weighted by Gasteiger charge is 2.09. The molecule has 4 aromatic rings. The van der Waals surface area contributed by atoms with Gasteiger partial charge in [-0.1, -0.05) is 0 Å². The number of hydrogen-bond acceptors (Lipinski definition) is 4. The van der Waals surface area contributed by atoms with E-state index in [0.717, 1.165) is 16.9 Å². The molecule has 0 aromatic carbocycles. The molecular formula is C18H16N6O. The minimum atomic E-state index is -0.169. The van der Waals surface area contributed by atoms with Gasteiger partial charge in [-0.3, -0.25) is 9.36 Å². The van der Waals surface area contributed by atoms with Crippen LogP contribution in [0.4, 0.5) is 0 Å². The molecule has 4 aromatic heterocycles. The Balaban J connectivity index is 1.49. The molecule has 1 N–H and O–H groups in total. The summed E-state index contributed by atoms with van der Waals surface area (Å²) >= 11 is 0. The summed E-state index contributed by atoms with van der Waals surface area (Å²) in [4.78, 5) is 25.2. The fourth-order valence-electron chi connectivity index (χ4n) is 2.59. The summed E-state index contributed by atoms with van der Waals surface area (Å²) in [6.45, 7) is 2.39. The monoisotopic (exact) mass is 332 g/mol. The summed E-state index contributed by atoms with van der Waals surface area (Å²) in [5.74, 6) is 0.477. The van der Waals surface area contributed by atoms with Gasteiger partial charge >= 0.3 is 0 Å². The van der Waals surface area contributed by atoms with Crippen molar-refractivity contribution in [2.24, 2.45) is 0 Å². The molecular weight excluding hydrogens is 316 g/mol. The SMILES string of the molecule is Cc1ccn2cc(CNC(=O)c3ccnc(-n4ccnc4)c3)nc2c1. The third kappa shape index (κ3) is 3.12. The number of imidazole rings is 2. The topological polar surface area (TPSA) is 77.1 Å². The molecule has 0 saturated heterocycles. The van der Waals surface area contributed by atoms with Crippen LogP contribution in [0.25, 0.3) is 11.5 Å². The molecule has 0 unspecified atom stereocenters. The molecule has 124 valence electrons. The van der Waals surface area contributed by atoms with E-state index in [-0.39, 0.29) is 5.91 Å². The van der Waals surface area contributed by atoms with Crippen LogP contribution in [0, 0.1) is 6.92 Å². The predicted octanol–water partition coefficient (Wildman–Crippen LogP) is 2.15. The summed E-state index contributed by atoms with van der Waals surface area (Å²) in [5, 5.41) is 2.90. The Morgan fingerprint density at radius 2 is 2.12 bits per heavy atom. The van der Waals surface area contributed by atoms with E-state index in [2.05, 4.69) is 20.3 Å². The first-order chi connectivity index (χ1) is 12.2. The number of amides is 1. The first-order valence-electron chi connectivity index (χ1n) is 7.86. The lowest BCUT2D eigenvalue weighted by molar-refractivity contribution is 0.0950. The van der Waals surface area contributed by atoms with E-state index in [1.54, 1.807) is 41.6 Å². The molecule has 0 bridgehead atoms. The van der Waals surface area contributed by atoms with Crippen LogP contribution in [0.2, 0.25) is 0 Å². The summed E-state index contributed by atoms with van der Waals surface area (Å²) in [5.41, 5.74) is 3.37. The van der Waals surface area contributed by atoms with E-state index in [1.165, 1.54) is 0 Å². The lowest BCUT2D eigenvalue weighted by Gasteiger charge is -2.05. The Labute approximate surface area is 144 Å². The lowest BCUT2D eigenvalue weighted by Crippen LogP contribution is -2.23. The van der Waals surface area contributed by atoms with Gasteiger partial charge in [-0.2, -0.15) is 0 Å². The molecule has 0 spiro atoms. The minimum Gasteiger partial charge on any atom is -0.346 e. The number of carbonyl (C=O) groups excluding carboxylic acids is 1. The third-order valence-corrected chi connectivity index (χ3v) is 3.87. The highest BCUT2D eigenvalue weighted by Crippen LogP contribution is 2.09. The van der Waals surface area contributed by atoms with Gasteiger partial charge in [0.1, 0.15) is 17.8 Å². The fraction of sp³-hybridized carbons (Fsp3) is 0.111. The second-order valence-electron chi connectivity index (χ2n) is 5.76. The van der Waals surface area contributed by atoms with E-state index >= 15 is 0 Å². The molecule has 0 radical (unpaired) electrons. The van der Waals surface area contributed by atoms with Gasteiger partial charge in [0.05, 0.1) is 12.2 Å². The Hall–Kier alpha value is -3.48. The van der Waals surface area contributed by atoms with E-state index in [1.807, 2.05) is 35.9 Å². The number of nitrogens with one attached hydrogen (secondary N) is 1. The normalized spacial score (nSPS) is 10.9. The summed E-state index contributed by atoms with van der Waals surface area (Å²) in [6, 6.07) is 7.43. The number of rotatable bonds is 4. The number of nitrogens with zero attached hydrogens (tertiary/aromatic N) is 5. The van der Waals surface area contributed by atoms with Crippen molar-refractivity contribution in [1.29, 1.82) is 0 Å². The Morgan fingerprint density at radius 3 is 2.96 bits per heavy atom. The zero-order valence-electron chi connectivity index (χ0n) is 13.6. The van der Waals surface area contributed by atoms with Gasteiger partial charge < -0.3 is 9.72 Å². The average molecular weight is 332 g/mol. The Kier molecular flexibility index (Phi) is 3.74. The van der Waals surface area contributed by atoms with Gasteiger partial charge in [-0.05, 0) is 36.8 Å². The fourth-order valence-corrected chi connectivity index (χ4v) is 2.59. The van der Waals surface area contributed by atoms with Crippen molar-refractivity contribution >= 4 is 11.6 Å². The Morgan fingerprint density at radius 1 is 1.20 bits per heavy atom. The first kappa shape index (κ1) is 15.1. The molecule has 25 heavy (non-hydrogen) atoms. The van der Waals surface area contributed by atoms with Crippen LogP contribution in [-0.4, -0.2) is 29.8 Å². The van der Waals surface area contributed by atoms with Crippen LogP contribution in [0.3, 0.4) is 0 Å². The number of hydrogen-bond donors (Lipinski definition) is 1. The first-order valence-corrected chi connectivity index (χ1v) is 7.86. The molecule has 4 rings (SSSR count). The van der Waals surface area contributed by atoms with E-state index in [9.17, 15) is 4.79 Å². The maximum Gasteiger partial charge on any atom is 0.251 e. The van der Waals surface area contributed by atoms with Crippen LogP contribution in [-0.2, 0) is 6.54 Å². The van der Waals surface area contributed by atoms with Gasteiger partial charge in [0.2, 0.25) is 0 Å². The zero-order valence-corrected chi connectivity index (χ0v) is 13.6. The summed E-state index contributed by atoms with van der Waals surface area (Å²) in [7, 11) is 0. The standard InChI is InChI=1S/C18H16N6O/c1-13-3-6-23-11-15(22-17(23)8-13)10-21-18(25)14-2-4-20-16(9-14)24-7-5-19-12-24/h2-9,11-12H,10H2,1H3,(H,21,25). The molecule has 1 amide bonds. The van der Waals surface area contributed by atoms with E-state index in [0.29, 0.717) is 17.9 Å². The molecule has 0 saturated carbocycles. The molecule has 0 fully saturated rings. The average Bonchev–Trinajstić information content (AvgIpc) is 3.29. The summed E-state index contributed by atoms with van der Waals surface area (Å²) in [6.07, 6.45) is 10.6. The molecule has 7 nitrogen and oxygen atoms in total. The van der Waals surface area contributed by atoms with Crippen molar-refractivity contribution in [2.75, 3.05) is 0 Å². The predicted molar refractivity (Wildman–Crippen MR) is 92.5 cm³/mol. The molecule has 0 aliphatic heterocycles. The van der Waals surface area contributed by atoms with Crippen LogP contribution in [0.15, 0.2) is 61.6 Å². The zero-order chi connectivity index (χ0) is 17.2. The van der Waals surface area contributed by atoms with Crippen molar-refractivity contribution < 1.29 is 4.79 Å². The number of aromatic nitrogens is 5. The largest absolute Gasteiger partial charge is 0.346 e. The number of pyridine rings is 2. The van der Waals surface area contributed by atoms with Crippen molar-refractivity contribution in [3.63, 3.8) is 0 Å². The van der Waals surface area contributed by atoms with Crippen LogP contribution < -0.4 is 5.32 Å². The number of carbonyl (C=O) groups is 1. The maximum atomic E-state index is 12.4. The number of aryl methyl sites for hydroxylation is 1. The van der Waals surface area contributed by atoms with Crippen molar-refractivity contribution in [2.45, 2.75) is 13.5 Å². The summed E-state index contributed by atoms with van der Waals surface area (Å²) < 4.78 is 3.69. The van der Waals surface area contributed by atoms with Crippen LogP contribution in [0.5, 0.6) is 0 Å². The molecule has 7 heteroatoms. The van der Waals surface area contributed by atoms with Crippen molar-refractivity contribution in [3.8, 4) is 5.82 Å². The second-order valence-corrected chi connectivity index (χ2v) is 5.76. The van der Waals surface area contributed by atoms with Crippen LogP contribution >= 0.6 is 0 Å². The smallest absolute Gasteiger partial charge is 0.251 e. The molecule has 0 aliphatic carbocycles. The highest BCUT2D eigenvalue weighted by atomic mass is 16.1. The van der Waals surface area contributed by atoms with E-state index in [4.69, 9.17) is 0 Å². The maximum absolute atomic E-state index is 12.4. The Bertz CT molecular complexity index is 1030. The van der Waals surface area contributed by atoms with Gasteiger partial charge in [0.25, 0.3) is 5.91 Å². The van der Waals surface area contributed by atoms with Crippen molar-refractivity contribution in [3.05, 3.63) is 78.4 Å². The lowest BCUT2D eigenvalue weighted by atomic mass is 10.2.